The lowest BCUT2D eigenvalue weighted by atomic mass is 10.1. The van der Waals surface area contributed by atoms with Crippen molar-refractivity contribution in [3.63, 3.8) is 0 Å². The maximum atomic E-state index is 9.10. The minimum Gasteiger partial charge on any atom is -0.508 e. The largest absolute Gasteiger partial charge is 0.508 e. The molecular weight excluding hydrogens is 284 g/mol. The Morgan fingerprint density at radius 3 is 1.64 bits per heavy atom. The molecule has 0 unspecified atom stereocenters. The molecule has 2 aromatic rings. The van der Waals surface area contributed by atoms with Gasteiger partial charge in [-0.2, -0.15) is 0 Å². The quantitative estimate of drug-likeness (QED) is 0.582. The first-order valence-corrected chi connectivity index (χ1v) is 6.81. The second kappa shape index (κ2) is 11.6. The van der Waals surface area contributed by atoms with Gasteiger partial charge in [0.05, 0.1) is 13.2 Å². The van der Waals surface area contributed by atoms with Crippen molar-refractivity contribution in [3.8, 4) is 11.5 Å². The number of hydrogen-bond donors (Lipinski definition) is 5. The first kappa shape index (κ1) is 19.9. The molecule has 5 N–H and O–H groups in total. The van der Waals surface area contributed by atoms with E-state index in [1.807, 2.05) is 32.0 Å². The van der Waals surface area contributed by atoms with E-state index in [-0.39, 0.29) is 13.2 Å². The van der Waals surface area contributed by atoms with E-state index in [0.717, 1.165) is 11.1 Å². The Labute approximate surface area is 130 Å². The number of phenolic OH excluding ortho intramolecular Hbond substituents is 2. The molecule has 2 rings (SSSR count). The number of aliphatic hydroxyl groups excluding tert-OH is 3. The fourth-order valence-electron chi connectivity index (χ4n) is 1.22. The maximum absolute atomic E-state index is 9.10. The molecule has 22 heavy (non-hydrogen) atoms. The Hall–Kier alpha value is -2.08. The van der Waals surface area contributed by atoms with Crippen LogP contribution < -0.4 is 0 Å². The summed E-state index contributed by atoms with van der Waals surface area (Å²) in [5.74, 6) is 0.706. The highest BCUT2D eigenvalue weighted by molar-refractivity contribution is 5.36. The number of hydrogen-bond acceptors (Lipinski definition) is 5. The zero-order valence-corrected chi connectivity index (χ0v) is 12.8. The Morgan fingerprint density at radius 1 is 0.818 bits per heavy atom. The van der Waals surface area contributed by atoms with Gasteiger partial charge in [0, 0.05) is 0 Å². The molecule has 5 heteroatoms. The lowest BCUT2D eigenvalue weighted by Gasteiger charge is -1.99. The van der Waals surface area contributed by atoms with E-state index in [1.165, 1.54) is 0 Å². The summed E-state index contributed by atoms with van der Waals surface area (Å²) in [6, 6.07) is 14.2. The molecule has 0 bridgehead atoms. The van der Waals surface area contributed by atoms with Crippen LogP contribution >= 0.6 is 0 Å². The van der Waals surface area contributed by atoms with Gasteiger partial charge in [0.15, 0.2) is 0 Å². The van der Waals surface area contributed by atoms with E-state index in [4.69, 9.17) is 25.5 Å². The van der Waals surface area contributed by atoms with E-state index < -0.39 is 6.10 Å². The Balaban J connectivity index is 0.000000309. The van der Waals surface area contributed by atoms with Crippen LogP contribution in [0.15, 0.2) is 48.5 Å². The number of aromatic hydroxyl groups is 2. The molecule has 0 saturated heterocycles. The standard InChI is InChI=1S/C8H10O.C6H6O.C3H8O3/c1-6-4-3-5-8(9)7(6)2;7-6-4-2-1-3-5-6;4-1-3(6)2-5/h3-5,9H,1-2H3;1-5,7H;3-6H,1-2H2. The van der Waals surface area contributed by atoms with E-state index in [2.05, 4.69) is 0 Å². The van der Waals surface area contributed by atoms with Gasteiger partial charge in [0.1, 0.15) is 17.6 Å². The zero-order chi connectivity index (χ0) is 17.0. The van der Waals surface area contributed by atoms with Gasteiger partial charge in [0.2, 0.25) is 0 Å². The zero-order valence-electron chi connectivity index (χ0n) is 12.8. The van der Waals surface area contributed by atoms with E-state index in [0.29, 0.717) is 11.5 Å². The van der Waals surface area contributed by atoms with Crippen molar-refractivity contribution in [2.24, 2.45) is 0 Å². The Kier molecular flexibility index (Phi) is 10.5. The minimum atomic E-state index is -0.954. The third-order valence-corrected chi connectivity index (χ3v) is 2.75. The minimum absolute atomic E-state index is 0.322. The third kappa shape index (κ3) is 8.97. The number of aliphatic hydroxyl groups is 3. The predicted octanol–water partition coefficient (Wildman–Crippen LogP) is 1.73. The van der Waals surface area contributed by atoms with Crippen LogP contribution in [0.1, 0.15) is 11.1 Å². The number of benzene rings is 2. The van der Waals surface area contributed by atoms with Crippen molar-refractivity contribution in [2.45, 2.75) is 20.0 Å². The van der Waals surface area contributed by atoms with E-state index in [9.17, 15) is 0 Å². The second-order valence-corrected chi connectivity index (χ2v) is 4.57. The van der Waals surface area contributed by atoms with Gasteiger partial charge in [-0.25, -0.2) is 0 Å². The normalized spacial score (nSPS) is 9.36. The summed E-state index contributed by atoms with van der Waals surface area (Å²) in [5, 5.41) is 41.7. The predicted molar refractivity (Wildman–Crippen MR) is 85.9 cm³/mol. The molecule has 122 valence electrons. The van der Waals surface area contributed by atoms with Crippen LogP contribution in [-0.2, 0) is 0 Å². The number of para-hydroxylation sites is 1. The molecule has 0 heterocycles. The second-order valence-electron chi connectivity index (χ2n) is 4.57. The van der Waals surface area contributed by atoms with Crippen LogP contribution in [0.25, 0.3) is 0 Å². The molecule has 0 aliphatic heterocycles. The van der Waals surface area contributed by atoms with Gasteiger partial charge >= 0.3 is 0 Å². The summed E-state index contributed by atoms with van der Waals surface area (Å²) in [4.78, 5) is 0. The average molecular weight is 308 g/mol. The first-order valence-electron chi connectivity index (χ1n) is 6.81. The number of phenols is 2. The fraction of sp³-hybridized carbons (Fsp3) is 0.294. The number of aryl methyl sites for hydroxylation is 1. The highest BCUT2D eigenvalue weighted by Crippen LogP contribution is 2.17. The smallest absolute Gasteiger partial charge is 0.118 e. The van der Waals surface area contributed by atoms with E-state index >= 15 is 0 Å². The van der Waals surface area contributed by atoms with Gasteiger partial charge < -0.3 is 25.5 Å². The summed E-state index contributed by atoms with van der Waals surface area (Å²) in [5.41, 5.74) is 2.10. The summed E-state index contributed by atoms with van der Waals surface area (Å²) in [6.07, 6.45) is -0.954. The molecule has 0 aliphatic rings. The van der Waals surface area contributed by atoms with Crippen molar-refractivity contribution in [3.05, 3.63) is 59.7 Å². The van der Waals surface area contributed by atoms with Crippen molar-refractivity contribution < 1.29 is 25.5 Å². The molecule has 0 amide bonds. The monoisotopic (exact) mass is 308 g/mol. The number of rotatable bonds is 2. The lowest BCUT2D eigenvalue weighted by molar-refractivity contribution is 0.0450. The molecule has 0 radical (unpaired) electrons. The van der Waals surface area contributed by atoms with Gasteiger partial charge in [-0.05, 0) is 43.2 Å². The molecule has 5 nitrogen and oxygen atoms in total. The summed E-state index contributed by atoms with van der Waals surface area (Å²) in [6.45, 7) is 3.16. The molecule has 0 atom stereocenters. The summed E-state index contributed by atoms with van der Waals surface area (Å²) in [7, 11) is 0. The molecular formula is C17H24O5. The van der Waals surface area contributed by atoms with E-state index in [1.54, 1.807) is 30.3 Å². The average Bonchev–Trinajstić information content (AvgIpc) is 2.53. The maximum Gasteiger partial charge on any atom is 0.118 e. The van der Waals surface area contributed by atoms with Crippen LogP contribution in [0.3, 0.4) is 0 Å². The topological polar surface area (TPSA) is 101 Å². The molecule has 2 aromatic carbocycles. The third-order valence-electron chi connectivity index (χ3n) is 2.75. The molecule has 0 aliphatic carbocycles. The van der Waals surface area contributed by atoms with Crippen molar-refractivity contribution in [1.29, 1.82) is 0 Å². The summed E-state index contributed by atoms with van der Waals surface area (Å²) >= 11 is 0. The van der Waals surface area contributed by atoms with Gasteiger partial charge in [0.25, 0.3) is 0 Å². The van der Waals surface area contributed by atoms with Crippen LogP contribution in [0.5, 0.6) is 11.5 Å². The highest BCUT2D eigenvalue weighted by atomic mass is 16.3. The molecule has 0 saturated carbocycles. The first-order chi connectivity index (χ1) is 10.4. The molecule has 0 spiro atoms. The SMILES string of the molecule is Cc1cccc(O)c1C.OCC(O)CO.Oc1ccccc1. The van der Waals surface area contributed by atoms with Crippen LogP contribution in [-0.4, -0.2) is 44.9 Å². The van der Waals surface area contributed by atoms with Crippen molar-refractivity contribution >= 4 is 0 Å². The van der Waals surface area contributed by atoms with Crippen molar-refractivity contribution in [1.82, 2.24) is 0 Å². The van der Waals surface area contributed by atoms with Crippen molar-refractivity contribution in [2.75, 3.05) is 13.2 Å². The lowest BCUT2D eigenvalue weighted by Crippen LogP contribution is -2.15. The summed E-state index contributed by atoms with van der Waals surface area (Å²) < 4.78 is 0. The van der Waals surface area contributed by atoms with Gasteiger partial charge in [-0.1, -0.05) is 30.3 Å². The Bertz CT molecular complexity index is 489. The van der Waals surface area contributed by atoms with Crippen LogP contribution in [0, 0.1) is 13.8 Å². The Morgan fingerprint density at radius 2 is 1.36 bits per heavy atom. The highest BCUT2D eigenvalue weighted by Gasteiger charge is 1.94. The van der Waals surface area contributed by atoms with Crippen LogP contribution in [0.4, 0.5) is 0 Å². The van der Waals surface area contributed by atoms with Crippen LogP contribution in [0.2, 0.25) is 0 Å². The fourth-order valence-corrected chi connectivity index (χ4v) is 1.22. The molecule has 0 fully saturated rings. The molecule has 0 aromatic heterocycles. The van der Waals surface area contributed by atoms with Gasteiger partial charge in [-0.3, -0.25) is 0 Å². The van der Waals surface area contributed by atoms with Gasteiger partial charge in [-0.15, -0.1) is 0 Å².